The van der Waals surface area contributed by atoms with Crippen LogP contribution in [-0.4, -0.2) is 42.7 Å². The second kappa shape index (κ2) is 15.9. The van der Waals surface area contributed by atoms with Gasteiger partial charge in [-0.05, 0) is 81.3 Å². The molecule has 0 aliphatic carbocycles. The summed E-state index contributed by atoms with van der Waals surface area (Å²) in [6, 6.07) is 6.06. The number of thiazole rings is 1. The normalized spacial score (nSPS) is 25.6. The van der Waals surface area contributed by atoms with Crippen LogP contribution in [0.4, 0.5) is 4.79 Å². The van der Waals surface area contributed by atoms with E-state index in [1.807, 2.05) is 45.9 Å². The summed E-state index contributed by atoms with van der Waals surface area (Å²) < 4.78 is 20.0. The Morgan fingerprint density at radius 1 is 1.23 bits per heavy atom. The fourth-order valence-electron chi connectivity index (χ4n) is 6.03. The van der Waals surface area contributed by atoms with E-state index in [1.54, 1.807) is 17.4 Å². The molecule has 5 atom stereocenters. The Labute approximate surface area is 291 Å². The van der Waals surface area contributed by atoms with E-state index in [2.05, 4.69) is 58.4 Å². The molecule has 7 nitrogen and oxygen atoms in total. The lowest BCUT2D eigenvalue weighted by molar-refractivity contribution is -0.155. The van der Waals surface area contributed by atoms with E-state index in [0.717, 1.165) is 40.1 Å². The fraction of sp³-hybridized carbons (Fsp3) is 0.622. The minimum absolute atomic E-state index is 0.112. The zero-order valence-corrected chi connectivity index (χ0v) is 32.5. The van der Waals surface area contributed by atoms with Crippen molar-refractivity contribution in [2.45, 2.75) is 130 Å². The van der Waals surface area contributed by atoms with Gasteiger partial charge in [0.1, 0.15) is 18.0 Å². The molecule has 0 N–H and O–H groups in total. The number of aryl methyl sites for hydroxylation is 1. The number of rotatable bonds is 6. The molecule has 0 radical (unpaired) electrons. The molecule has 3 rings (SSSR count). The molecule has 2 aromatic rings. The number of benzene rings is 1. The largest absolute Gasteiger partial charge is 0.457 e. The Kier molecular flexibility index (Phi) is 13.2. The van der Waals surface area contributed by atoms with E-state index in [9.17, 15) is 14.4 Å². The van der Waals surface area contributed by atoms with Gasteiger partial charge in [0.2, 0.25) is 0 Å². The van der Waals surface area contributed by atoms with Crippen molar-refractivity contribution in [1.82, 2.24) is 4.98 Å². The molecule has 0 fully saturated rings. The van der Waals surface area contributed by atoms with E-state index in [-0.39, 0.29) is 29.6 Å². The van der Waals surface area contributed by atoms with Crippen LogP contribution in [0, 0.1) is 24.2 Å². The van der Waals surface area contributed by atoms with Crippen LogP contribution < -0.4 is 0 Å². The van der Waals surface area contributed by atoms with E-state index < -0.39 is 49.4 Å². The van der Waals surface area contributed by atoms with Crippen molar-refractivity contribution in [2.75, 3.05) is 0 Å². The zero-order valence-electron chi connectivity index (χ0n) is 29.9. The first-order chi connectivity index (χ1) is 21.8. The van der Waals surface area contributed by atoms with Crippen LogP contribution in [0.1, 0.15) is 104 Å². The molecular weight excluding hydrogens is 650 g/mol. The van der Waals surface area contributed by atoms with Crippen molar-refractivity contribution in [1.29, 1.82) is 0 Å². The number of hydrogen-bond acceptors (Lipinski definition) is 8. The Bertz CT molecular complexity index is 1470. The number of Topliss-reactive ketones (excluding diaryl/α,β-unsaturated/α-hetero) is 1. The predicted molar refractivity (Wildman–Crippen MR) is 194 cm³/mol. The molecule has 1 aliphatic rings. The third-order valence-corrected chi connectivity index (χ3v) is 15.6. The first-order valence-corrected chi connectivity index (χ1v) is 20.8. The molecule has 260 valence electrons. The quantitative estimate of drug-likeness (QED) is 0.128. The minimum Gasteiger partial charge on any atom is -0.457 e. The Morgan fingerprint density at radius 3 is 2.53 bits per heavy atom. The van der Waals surface area contributed by atoms with Gasteiger partial charge in [0.15, 0.2) is 8.32 Å². The highest BCUT2D eigenvalue weighted by Crippen LogP contribution is 2.43. The van der Waals surface area contributed by atoms with Crippen LogP contribution in [0.5, 0.6) is 0 Å². The topological polar surface area (TPSA) is 91.8 Å². The van der Waals surface area contributed by atoms with Gasteiger partial charge in [-0.1, -0.05) is 65.3 Å². The average molecular weight is 704 g/mol. The first kappa shape index (κ1) is 39.1. The van der Waals surface area contributed by atoms with Crippen molar-refractivity contribution in [3.05, 3.63) is 53.1 Å². The van der Waals surface area contributed by atoms with Gasteiger partial charge in [-0.3, -0.25) is 9.59 Å². The molecule has 0 bridgehead atoms. The van der Waals surface area contributed by atoms with Crippen molar-refractivity contribution < 1.29 is 28.3 Å². The number of allylic oxidation sites excluding steroid dienone is 2. The number of fused-ring (bicyclic) bond motifs is 1. The summed E-state index contributed by atoms with van der Waals surface area (Å²) in [4.78, 5) is 45.5. The number of aromatic nitrogens is 1. The van der Waals surface area contributed by atoms with Gasteiger partial charge in [0.05, 0.1) is 33.7 Å². The summed E-state index contributed by atoms with van der Waals surface area (Å²) in [5.74, 6) is -1.46. The summed E-state index contributed by atoms with van der Waals surface area (Å²) in [5, 5.41) is 0.801. The van der Waals surface area contributed by atoms with Crippen LogP contribution in [0.2, 0.25) is 18.1 Å². The zero-order chi connectivity index (χ0) is 35.3. The molecule has 0 saturated carbocycles. The molecular formula is C37H54ClNO6SSi. The van der Waals surface area contributed by atoms with Crippen LogP contribution >= 0.6 is 22.9 Å². The third-order valence-electron chi connectivity index (χ3n) is 10.1. The van der Waals surface area contributed by atoms with E-state index >= 15 is 0 Å². The maximum absolute atomic E-state index is 14.7. The predicted octanol–water partition coefficient (Wildman–Crippen LogP) is 10.7. The van der Waals surface area contributed by atoms with Gasteiger partial charge in [-0.2, -0.15) is 0 Å². The van der Waals surface area contributed by atoms with Crippen LogP contribution in [0.25, 0.3) is 10.2 Å². The second-order valence-electron chi connectivity index (χ2n) is 15.2. The Hall–Kier alpha value is -2.33. The summed E-state index contributed by atoms with van der Waals surface area (Å²) in [6.45, 7) is 24.2. The highest BCUT2D eigenvalue weighted by Gasteiger charge is 2.49. The lowest BCUT2D eigenvalue weighted by atomic mass is 9.71. The molecule has 1 aromatic heterocycles. The fourth-order valence-corrected chi connectivity index (χ4v) is 8.39. The Balaban J connectivity index is 2.13. The van der Waals surface area contributed by atoms with Gasteiger partial charge in [-0.15, -0.1) is 17.9 Å². The van der Waals surface area contributed by atoms with Crippen molar-refractivity contribution in [3.63, 3.8) is 0 Å². The van der Waals surface area contributed by atoms with Gasteiger partial charge < -0.3 is 13.9 Å². The lowest BCUT2D eigenvalue weighted by Gasteiger charge is -2.45. The maximum atomic E-state index is 14.7. The number of carbonyl (C=O) groups is 3. The van der Waals surface area contributed by atoms with E-state index in [0.29, 0.717) is 6.42 Å². The molecule has 0 saturated heterocycles. The SMILES string of the molecule is C=CC[C@H]1C(=O)C(C)(C)[C@@H](O[Si](C)(C)C(C)(C)C)CC(=O)O[C@H](c2ccc3sc(C)nc3c2)CC=C(C)CCC[C@H](C)[C@@H]1OC(=O)Cl. The van der Waals surface area contributed by atoms with E-state index in [4.69, 9.17) is 25.5 Å². The van der Waals surface area contributed by atoms with Gasteiger partial charge >= 0.3 is 11.4 Å². The van der Waals surface area contributed by atoms with Crippen LogP contribution in [0.3, 0.4) is 0 Å². The van der Waals surface area contributed by atoms with Gasteiger partial charge in [0, 0.05) is 23.4 Å². The molecule has 2 heterocycles. The van der Waals surface area contributed by atoms with Gasteiger partial charge in [0.25, 0.3) is 0 Å². The number of hydrogen-bond donors (Lipinski definition) is 0. The van der Waals surface area contributed by atoms with Gasteiger partial charge in [-0.25, -0.2) is 9.78 Å². The average Bonchev–Trinajstić information content (AvgIpc) is 3.34. The van der Waals surface area contributed by atoms with E-state index in [1.165, 1.54) is 5.57 Å². The Morgan fingerprint density at radius 2 is 1.91 bits per heavy atom. The highest BCUT2D eigenvalue weighted by atomic mass is 35.5. The monoisotopic (exact) mass is 703 g/mol. The lowest BCUT2D eigenvalue weighted by Crippen LogP contribution is -2.53. The molecule has 47 heavy (non-hydrogen) atoms. The van der Waals surface area contributed by atoms with Crippen LogP contribution in [-0.2, 0) is 23.5 Å². The molecule has 0 spiro atoms. The maximum Gasteiger partial charge on any atom is 0.404 e. The molecule has 1 aromatic carbocycles. The second-order valence-corrected chi connectivity index (χ2v) is 21.5. The third kappa shape index (κ3) is 10.1. The summed E-state index contributed by atoms with van der Waals surface area (Å²) in [6.07, 6.45) is 4.79. The summed E-state index contributed by atoms with van der Waals surface area (Å²) >= 11 is 7.42. The number of nitrogens with zero attached hydrogens (tertiary/aromatic N) is 1. The number of ether oxygens (including phenoxy) is 2. The van der Waals surface area contributed by atoms with Crippen LogP contribution in [0.15, 0.2) is 42.5 Å². The summed E-state index contributed by atoms with van der Waals surface area (Å²) in [7, 11) is -2.48. The molecule has 1 aliphatic heterocycles. The number of carbonyl (C=O) groups excluding carboxylic acids is 3. The standard InChI is InChI=1S/C37H54ClNO6SSi/c1-12-14-27-33(44-35(38)42)24(3)16-13-15-23(2)17-19-29(26-18-20-30-28(21-26)39-25(4)46-30)43-32(40)22-31(37(8,9)34(27)41)45-47(10,11)36(5,6)7/h12,17-18,20-21,24,27,29,31,33H,1,13-16,19,22H2,2-11H3/t24-,27+,29-,31-,33-/m0/s1. The first-order valence-electron chi connectivity index (χ1n) is 16.7. The van der Waals surface area contributed by atoms with Crippen molar-refractivity contribution in [2.24, 2.45) is 17.3 Å². The number of halogens is 1. The number of ketones is 1. The molecule has 0 unspecified atom stereocenters. The minimum atomic E-state index is -2.48. The molecule has 10 heteroatoms. The smallest absolute Gasteiger partial charge is 0.404 e. The number of cyclic esters (lactones) is 1. The van der Waals surface area contributed by atoms with Crippen molar-refractivity contribution in [3.8, 4) is 0 Å². The molecule has 0 amide bonds. The highest BCUT2D eigenvalue weighted by molar-refractivity contribution is 7.18. The number of esters is 1. The summed E-state index contributed by atoms with van der Waals surface area (Å²) in [5.41, 5.74) is 0.847. The van der Waals surface area contributed by atoms with Crippen molar-refractivity contribution >= 4 is 58.7 Å².